The Hall–Kier alpha value is -0.610. The zero-order valence-electron chi connectivity index (χ0n) is 10.2. The number of ether oxygens (including phenoxy) is 1. The molecular weight excluding hydrogens is 204 g/mol. The van der Waals surface area contributed by atoms with Crippen LogP contribution in [0.4, 0.5) is 0 Å². The van der Waals surface area contributed by atoms with Crippen molar-refractivity contribution in [1.82, 2.24) is 10.6 Å². The van der Waals surface area contributed by atoms with Crippen molar-refractivity contribution in [3.05, 3.63) is 0 Å². The van der Waals surface area contributed by atoms with Crippen molar-refractivity contribution in [1.29, 1.82) is 0 Å². The lowest BCUT2D eigenvalue weighted by molar-refractivity contribution is -0.132. The maximum Gasteiger partial charge on any atom is 0.227 e. The fourth-order valence-electron chi connectivity index (χ4n) is 2.61. The normalized spacial score (nSPS) is 38.1. The number of hydrogen-bond donors (Lipinski definition) is 2. The largest absolute Gasteiger partial charge is 0.381 e. The van der Waals surface area contributed by atoms with Crippen LogP contribution in [-0.2, 0) is 9.53 Å². The molecule has 92 valence electrons. The minimum Gasteiger partial charge on any atom is -0.381 e. The molecule has 2 aliphatic rings. The first-order chi connectivity index (χ1) is 7.70. The van der Waals surface area contributed by atoms with E-state index in [9.17, 15) is 4.79 Å². The molecule has 1 heterocycles. The van der Waals surface area contributed by atoms with Crippen molar-refractivity contribution in [3.63, 3.8) is 0 Å². The average Bonchev–Trinajstić information content (AvgIpc) is 2.72. The third-order valence-electron chi connectivity index (χ3n) is 4.17. The smallest absolute Gasteiger partial charge is 0.227 e. The first-order valence-electron chi connectivity index (χ1n) is 6.24. The minimum atomic E-state index is -0.155. The van der Waals surface area contributed by atoms with Crippen LogP contribution in [0.5, 0.6) is 0 Å². The van der Waals surface area contributed by atoms with E-state index in [1.54, 1.807) is 7.11 Å². The molecule has 1 amide bonds. The minimum absolute atomic E-state index is 0.155. The summed E-state index contributed by atoms with van der Waals surface area (Å²) in [4.78, 5) is 12.2. The lowest BCUT2D eigenvalue weighted by atomic mass is 9.81. The maximum absolute atomic E-state index is 12.2. The molecule has 0 aromatic heterocycles. The summed E-state index contributed by atoms with van der Waals surface area (Å²) >= 11 is 0. The van der Waals surface area contributed by atoms with Crippen LogP contribution in [0.25, 0.3) is 0 Å². The van der Waals surface area contributed by atoms with Crippen LogP contribution in [0, 0.1) is 5.41 Å². The van der Waals surface area contributed by atoms with Crippen molar-refractivity contribution in [2.75, 3.05) is 20.2 Å². The average molecular weight is 226 g/mol. The van der Waals surface area contributed by atoms with Crippen molar-refractivity contribution in [3.8, 4) is 0 Å². The van der Waals surface area contributed by atoms with Crippen molar-refractivity contribution in [2.45, 2.75) is 44.8 Å². The van der Waals surface area contributed by atoms with Gasteiger partial charge in [0.2, 0.25) is 5.91 Å². The van der Waals surface area contributed by atoms with E-state index in [4.69, 9.17) is 4.74 Å². The van der Waals surface area contributed by atoms with Gasteiger partial charge in [0, 0.05) is 19.7 Å². The van der Waals surface area contributed by atoms with Crippen LogP contribution >= 0.6 is 0 Å². The number of nitrogens with one attached hydrogen (secondary N) is 2. The lowest BCUT2D eigenvalue weighted by Gasteiger charge is -2.37. The Morgan fingerprint density at radius 3 is 2.81 bits per heavy atom. The van der Waals surface area contributed by atoms with Crippen molar-refractivity contribution >= 4 is 5.91 Å². The van der Waals surface area contributed by atoms with Gasteiger partial charge in [-0.1, -0.05) is 6.92 Å². The number of amides is 1. The van der Waals surface area contributed by atoms with Gasteiger partial charge in [-0.25, -0.2) is 0 Å². The highest BCUT2D eigenvalue weighted by Gasteiger charge is 2.41. The van der Waals surface area contributed by atoms with Gasteiger partial charge in [0.15, 0.2) is 0 Å². The van der Waals surface area contributed by atoms with Crippen LogP contribution in [0.1, 0.15) is 32.6 Å². The van der Waals surface area contributed by atoms with Gasteiger partial charge < -0.3 is 15.4 Å². The topological polar surface area (TPSA) is 50.4 Å². The van der Waals surface area contributed by atoms with E-state index in [0.29, 0.717) is 12.1 Å². The molecule has 1 saturated heterocycles. The Morgan fingerprint density at radius 1 is 1.56 bits per heavy atom. The quantitative estimate of drug-likeness (QED) is 0.741. The summed E-state index contributed by atoms with van der Waals surface area (Å²) in [6, 6.07) is 0.335. The van der Waals surface area contributed by atoms with E-state index in [0.717, 1.165) is 38.8 Å². The Morgan fingerprint density at radius 2 is 2.31 bits per heavy atom. The monoisotopic (exact) mass is 226 g/mol. The van der Waals surface area contributed by atoms with Gasteiger partial charge in [-0.3, -0.25) is 4.79 Å². The molecule has 0 bridgehead atoms. The van der Waals surface area contributed by atoms with E-state index in [-0.39, 0.29) is 11.3 Å². The molecule has 4 nitrogen and oxygen atoms in total. The molecule has 1 aliphatic heterocycles. The highest BCUT2D eigenvalue weighted by molar-refractivity contribution is 5.83. The molecule has 1 unspecified atom stereocenters. The zero-order chi connectivity index (χ0) is 11.6. The summed E-state index contributed by atoms with van der Waals surface area (Å²) in [7, 11) is 1.73. The molecule has 0 aromatic rings. The number of carbonyl (C=O) groups is 1. The van der Waals surface area contributed by atoms with Gasteiger partial charge in [0.25, 0.3) is 0 Å². The Kier molecular flexibility index (Phi) is 3.50. The van der Waals surface area contributed by atoms with Gasteiger partial charge in [-0.15, -0.1) is 0 Å². The summed E-state index contributed by atoms with van der Waals surface area (Å²) in [5, 5.41) is 6.44. The fourth-order valence-corrected chi connectivity index (χ4v) is 2.61. The van der Waals surface area contributed by atoms with Crippen LogP contribution in [0.15, 0.2) is 0 Å². The van der Waals surface area contributed by atoms with Crippen LogP contribution in [0.2, 0.25) is 0 Å². The van der Waals surface area contributed by atoms with Crippen LogP contribution in [-0.4, -0.2) is 38.3 Å². The second-order valence-corrected chi connectivity index (χ2v) is 5.06. The fraction of sp³-hybridized carbons (Fsp3) is 0.917. The third kappa shape index (κ3) is 2.09. The first kappa shape index (κ1) is 11.9. The van der Waals surface area contributed by atoms with E-state index in [1.165, 1.54) is 0 Å². The van der Waals surface area contributed by atoms with Crippen molar-refractivity contribution < 1.29 is 9.53 Å². The Labute approximate surface area is 97.1 Å². The summed E-state index contributed by atoms with van der Waals surface area (Å²) < 4.78 is 5.21. The maximum atomic E-state index is 12.2. The molecule has 2 fully saturated rings. The number of rotatable bonds is 4. The standard InChI is InChI=1S/C12H22N2O2/c1-3-12(4-5-13-8-12)11(15)14-9-6-10(7-9)16-2/h9-10,13H,3-8H2,1-2H3,(H,14,15). The SMILES string of the molecule is CCC1(C(=O)NC2CC(OC)C2)CCNC1. The molecule has 2 rings (SSSR count). The molecular formula is C12H22N2O2. The van der Waals surface area contributed by atoms with Gasteiger partial charge >= 0.3 is 0 Å². The number of carbonyl (C=O) groups excluding carboxylic acids is 1. The second-order valence-electron chi connectivity index (χ2n) is 5.06. The summed E-state index contributed by atoms with van der Waals surface area (Å²) in [6.45, 7) is 3.90. The number of hydrogen-bond acceptors (Lipinski definition) is 3. The van der Waals surface area contributed by atoms with Gasteiger partial charge in [0.1, 0.15) is 0 Å². The summed E-state index contributed by atoms with van der Waals surface area (Å²) in [5.41, 5.74) is -0.155. The summed E-state index contributed by atoms with van der Waals surface area (Å²) in [6.07, 6.45) is 4.18. The molecule has 0 radical (unpaired) electrons. The van der Waals surface area contributed by atoms with Crippen LogP contribution in [0.3, 0.4) is 0 Å². The molecule has 16 heavy (non-hydrogen) atoms. The van der Waals surface area contributed by atoms with Crippen LogP contribution < -0.4 is 10.6 Å². The summed E-state index contributed by atoms with van der Waals surface area (Å²) in [5.74, 6) is 0.236. The predicted octanol–water partition coefficient (Wildman–Crippen LogP) is 0.670. The molecule has 2 N–H and O–H groups in total. The molecule has 1 saturated carbocycles. The van der Waals surface area contributed by atoms with E-state index < -0.39 is 0 Å². The third-order valence-corrected chi connectivity index (χ3v) is 4.17. The second kappa shape index (κ2) is 4.72. The Bertz CT molecular complexity index is 256. The first-order valence-corrected chi connectivity index (χ1v) is 6.24. The molecule has 4 heteroatoms. The predicted molar refractivity (Wildman–Crippen MR) is 62.2 cm³/mol. The lowest BCUT2D eigenvalue weighted by Crippen LogP contribution is -2.52. The van der Waals surface area contributed by atoms with Gasteiger partial charge in [0.05, 0.1) is 11.5 Å². The highest BCUT2D eigenvalue weighted by atomic mass is 16.5. The molecule has 1 aliphatic carbocycles. The molecule has 0 spiro atoms. The number of methoxy groups -OCH3 is 1. The Balaban J connectivity index is 1.83. The van der Waals surface area contributed by atoms with Gasteiger partial charge in [-0.2, -0.15) is 0 Å². The van der Waals surface area contributed by atoms with E-state index in [1.807, 2.05) is 0 Å². The van der Waals surface area contributed by atoms with E-state index >= 15 is 0 Å². The highest BCUT2D eigenvalue weighted by Crippen LogP contribution is 2.31. The molecule has 1 atom stereocenters. The van der Waals surface area contributed by atoms with Crippen molar-refractivity contribution in [2.24, 2.45) is 5.41 Å². The zero-order valence-corrected chi connectivity index (χ0v) is 10.2. The van der Waals surface area contributed by atoms with Gasteiger partial charge in [-0.05, 0) is 32.2 Å². The van der Waals surface area contributed by atoms with E-state index in [2.05, 4.69) is 17.6 Å². The molecule has 0 aromatic carbocycles.